The fourth-order valence-corrected chi connectivity index (χ4v) is 8.91. The lowest BCUT2D eigenvalue weighted by molar-refractivity contribution is -0.136. The van der Waals surface area contributed by atoms with E-state index in [4.69, 9.17) is 0 Å². The van der Waals surface area contributed by atoms with Crippen molar-refractivity contribution in [3.8, 4) is 10.7 Å². The molecule has 1 unspecified atom stereocenters. The highest BCUT2D eigenvalue weighted by Gasteiger charge is 2.31. The third kappa shape index (κ3) is 5.16. The number of hydrogen-bond donors (Lipinski definition) is 1. The Morgan fingerprint density at radius 3 is 2.79 bits per heavy atom. The lowest BCUT2D eigenvalue weighted by Gasteiger charge is -2.33. The molecule has 0 radical (unpaired) electrons. The highest BCUT2D eigenvalue weighted by molar-refractivity contribution is 7.94. The molecule has 0 spiro atoms. The van der Waals surface area contributed by atoms with Crippen molar-refractivity contribution in [1.82, 2.24) is 19.8 Å². The molecule has 5 heterocycles. The molecule has 8 nitrogen and oxygen atoms in total. The van der Waals surface area contributed by atoms with Crippen LogP contribution < -0.4 is 4.31 Å². The van der Waals surface area contributed by atoms with E-state index in [0.29, 0.717) is 17.1 Å². The largest absolute Gasteiger partial charge is 0.351 e. The van der Waals surface area contributed by atoms with Gasteiger partial charge in [-0.05, 0) is 55.8 Å². The fraction of sp³-hybridized carbons (Fsp3) is 0.357. The number of para-hydroxylation sites is 1. The Labute approximate surface area is 236 Å². The zero-order chi connectivity index (χ0) is 27.0. The summed E-state index contributed by atoms with van der Waals surface area (Å²) in [5, 5.41) is 3.49. The number of carbonyl (C=O) groups excluding carboxylic acids is 1. The maximum absolute atomic E-state index is 13.3. The summed E-state index contributed by atoms with van der Waals surface area (Å²) >= 11 is 2.80. The molecule has 1 N–H and O–H groups in total. The Morgan fingerprint density at radius 2 is 2.03 bits per heavy atom. The standard InChI is InChI=1S/C28H31N5O3S3/c1-2-33(39(35,36)25-11-7-15-37-25)24-10-5-8-20-16-23(30-26(20)24)27-29-17-22(38-27)19-31-12-6-9-21(18-31)28(34)32-13-3-4-14-32/h2,5,7-8,10-11,15-17,21,30H,1,3-4,6,9,12-14,18-19H2. The summed E-state index contributed by atoms with van der Waals surface area (Å²) < 4.78 is 28.1. The number of nitrogens with one attached hydrogen (secondary N) is 1. The molecular weight excluding hydrogens is 551 g/mol. The van der Waals surface area contributed by atoms with Crippen molar-refractivity contribution in [2.45, 2.75) is 36.4 Å². The second-order valence-corrected chi connectivity index (χ2v) is 14.2. The summed E-state index contributed by atoms with van der Waals surface area (Å²) in [5.74, 6) is 0.417. The summed E-state index contributed by atoms with van der Waals surface area (Å²) in [6, 6.07) is 10.9. The van der Waals surface area contributed by atoms with E-state index in [2.05, 4.69) is 21.4 Å². The van der Waals surface area contributed by atoms with E-state index in [1.807, 2.05) is 29.3 Å². The first-order chi connectivity index (χ1) is 18.9. The molecule has 4 aromatic rings. The van der Waals surface area contributed by atoms with E-state index in [1.165, 1.54) is 21.8 Å². The van der Waals surface area contributed by atoms with Crippen LogP contribution in [0.15, 0.2) is 65.0 Å². The van der Waals surface area contributed by atoms with Gasteiger partial charge in [-0.25, -0.2) is 9.29 Å². The van der Waals surface area contributed by atoms with Crippen molar-refractivity contribution in [3.63, 3.8) is 0 Å². The van der Waals surface area contributed by atoms with Gasteiger partial charge in [0.2, 0.25) is 5.91 Å². The molecule has 1 atom stereocenters. The number of aromatic amines is 1. The first-order valence-corrected chi connectivity index (χ1v) is 16.4. The van der Waals surface area contributed by atoms with E-state index in [-0.39, 0.29) is 10.1 Å². The van der Waals surface area contributed by atoms with Crippen LogP contribution in [0.3, 0.4) is 0 Å². The zero-order valence-corrected chi connectivity index (χ0v) is 24.0. The molecule has 2 aliphatic heterocycles. The molecule has 0 saturated carbocycles. The molecular formula is C28H31N5O3S3. The Morgan fingerprint density at radius 1 is 1.18 bits per heavy atom. The zero-order valence-electron chi connectivity index (χ0n) is 21.6. The van der Waals surface area contributed by atoms with Crippen LogP contribution in [0.1, 0.15) is 30.6 Å². The molecule has 2 aliphatic rings. The molecule has 0 bridgehead atoms. The van der Waals surface area contributed by atoms with Gasteiger partial charge in [0, 0.05) is 48.8 Å². The van der Waals surface area contributed by atoms with E-state index >= 15 is 0 Å². The van der Waals surface area contributed by atoms with Gasteiger partial charge in [0.05, 0.1) is 22.8 Å². The summed E-state index contributed by atoms with van der Waals surface area (Å²) in [6.07, 6.45) is 7.51. The van der Waals surface area contributed by atoms with Crippen molar-refractivity contribution in [2.24, 2.45) is 5.92 Å². The molecule has 2 saturated heterocycles. The normalized spacial score (nSPS) is 18.6. The summed E-state index contributed by atoms with van der Waals surface area (Å²) in [7, 11) is -3.77. The number of rotatable bonds is 8. The highest BCUT2D eigenvalue weighted by atomic mass is 32.2. The van der Waals surface area contributed by atoms with Crippen LogP contribution in [0.5, 0.6) is 0 Å². The summed E-state index contributed by atoms with van der Waals surface area (Å²) in [6.45, 7) is 8.16. The molecule has 1 amide bonds. The van der Waals surface area contributed by atoms with Gasteiger partial charge in [-0.3, -0.25) is 9.69 Å². The van der Waals surface area contributed by atoms with E-state index in [0.717, 1.165) is 79.4 Å². The Hall–Kier alpha value is -2.99. The van der Waals surface area contributed by atoms with Crippen molar-refractivity contribution >= 4 is 55.2 Å². The van der Waals surface area contributed by atoms with E-state index in [1.54, 1.807) is 34.9 Å². The minimum absolute atomic E-state index is 0.0923. The van der Waals surface area contributed by atoms with Gasteiger partial charge in [0.15, 0.2) is 0 Å². The van der Waals surface area contributed by atoms with Crippen LogP contribution in [-0.4, -0.2) is 60.3 Å². The van der Waals surface area contributed by atoms with E-state index < -0.39 is 10.0 Å². The third-order valence-electron chi connectivity index (χ3n) is 7.48. The molecule has 11 heteroatoms. The number of nitrogens with zero attached hydrogens (tertiary/aromatic N) is 4. The van der Waals surface area contributed by atoms with Crippen LogP contribution in [0.4, 0.5) is 5.69 Å². The summed E-state index contributed by atoms with van der Waals surface area (Å²) in [4.78, 5) is 26.6. The number of amides is 1. The number of sulfonamides is 1. The number of anilines is 1. The third-order valence-corrected chi connectivity index (χ3v) is 11.6. The number of likely N-dealkylation sites (tertiary alicyclic amines) is 2. The number of H-pyrrole nitrogens is 1. The maximum atomic E-state index is 13.3. The molecule has 1 aromatic carbocycles. The van der Waals surface area contributed by atoms with Crippen LogP contribution >= 0.6 is 22.7 Å². The average molecular weight is 582 g/mol. The van der Waals surface area contributed by atoms with Crippen LogP contribution in [0.25, 0.3) is 21.6 Å². The number of benzene rings is 1. The number of piperidine rings is 1. The number of fused-ring (bicyclic) bond motifs is 1. The smallest absolute Gasteiger partial charge is 0.277 e. The van der Waals surface area contributed by atoms with Gasteiger partial charge in [-0.15, -0.1) is 22.7 Å². The Balaban J connectivity index is 1.21. The highest BCUT2D eigenvalue weighted by Crippen LogP contribution is 2.36. The van der Waals surface area contributed by atoms with Crippen LogP contribution in [0.2, 0.25) is 0 Å². The minimum Gasteiger partial charge on any atom is -0.351 e. The van der Waals surface area contributed by atoms with Gasteiger partial charge in [0.25, 0.3) is 10.0 Å². The van der Waals surface area contributed by atoms with Gasteiger partial charge in [-0.2, -0.15) is 8.42 Å². The first-order valence-electron chi connectivity index (χ1n) is 13.2. The monoisotopic (exact) mass is 581 g/mol. The molecule has 39 heavy (non-hydrogen) atoms. The van der Waals surface area contributed by atoms with Gasteiger partial charge in [-0.1, -0.05) is 24.8 Å². The van der Waals surface area contributed by atoms with Crippen LogP contribution in [0, 0.1) is 5.92 Å². The number of carbonyl (C=O) groups is 1. The molecule has 2 fully saturated rings. The number of thiazole rings is 1. The first kappa shape index (κ1) is 26.2. The van der Waals surface area contributed by atoms with Crippen molar-refractivity contribution in [3.05, 3.63) is 65.6 Å². The van der Waals surface area contributed by atoms with E-state index in [9.17, 15) is 13.2 Å². The fourth-order valence-electron chi connectivity index (χ4n) is 5.59. The minimum atomic E-state index is -3.77. The molecule has 6 rings (SSSR count). The Kier molecular flexibility index (Phi) is 7.32. The van der Waals surface area contributed by atoms with Crippen molar-refractivity contribution in [1.29, 1.82) is 0 Å². The Bertz CT molecular complexity index is 1590. The molecule has 204 valence electrons. The van der Waals surface area contributed by atoms with Crippen LogP contribution in [-0.2, 0) is 21.4 Å². The molecule has 3 aromatic heterocycles. The predicted molar refractivity (Wildman–Crippen MR) is 157 cm³/mol. The maximum Gasteiger partial charge on any atom is 0.277 e. The quantitative estimate of drug-likeness (QED) is 0.296. The summed E-state index contributed by atoms with van der Waals surface area (Å²) in [5.41, 5.74) is 2.07. The molecule has 0 aliphatic carbocycles. The SMILES string of the molecule is C=CN(c1cccc2cc(-c3ncc(CN4CCCC(C(=O)N5CCCC5)C4)s3)[nH]c12)S(=O)(=O)c1cccs1. The van der Waals surface area contributed by atoms with Gasteiger partial charge < -0.3 is 9.88 Å². The van der Waals surface area contributed by atoms with Crippen molar-refractivity contribution < 1.29 is 13.2 Å². The second-order valence-electron chi connectivity index (χ2n) is 10.1. The predicted octanol–water partition coefficient (Wildman–Crippen LogP) is 5.53. The number of hydrogen-bond acceptors (Lipinski definition) is 7. The van der Waals surface area contributed by atoms with Gasteiger partial charge >= 0.3 is 0 Å². The second kappa shape index (κ2) is 10.9. The number of aromatic nitrogens is 2. The lowest BCUT2D eigenvalue weighted by atomic mass is 9.96. The average Bonchev–Trinajstić information content (AvgIpc) is 3.75. The topological polar surface area (TPSA) is 89.6 Å². The van der Waals surface area contributed by atoms with Gasteiger partial charge in [0.1, 0.15) is 9.22 Å². The van der Waals surface area contributed by atoms with Crippen molar-refractivity contribution in [2.75, 3.05) is 30.5 Å². The number of thiophene rings is 1. The lowest BCUT2D eigenvalue weighted by Crippen LogP contribution is -2.43.